The van der Waals surface area contributed by atoms with E-state index >= 15 is 0 Å². The number of carbonyl (C=O) groups is 1. The lowest BCUT2D eigenvalue weighted by Crippen LogP contribution is -2.31. The summed E-state index contributed by atoms with van der Waals surface area (Å²) < 4.78 is 13.6. The Balaban J connectivity index is 2.82. The van der Waals surface area contributed by atoms with Crippen molar-refractivity contribution in [2.24, 2.45) is 5.73 Å². The largest absolute Gasteiger partial charge is 0.395 e. The smallest absolute Gasteiger partial charge is 0.248 e. The molecular formula is C12H17FN2O2. The molecule has 3 N–H and O–H groups in total. The Morgan fingerprint density at radius 1 is 1.59 bits per heavy atom. The van der Waals surface area contributed by atoms with Crippen molar-refractivity contribution < 1.29 is 14.3 Å². The molecule has 0 aliphatic carbocycles. The van der Waals surface area contributed by atoms with Gasteiger partial charge in [0.25, 0.3) is 0 Å². The number of amides is 1. The number of nitrogens with zero attached hydrogens (tertiary/aromatic N) is 1. The van der Waals surface area contributed by atoms with E-state index in [0.717, 1.165) is 6.07 Å². The molecule has 0 saturated carbocycles. The van der Waals surface area contributed by atoms with Crippen LogP contribution in [0.25, 0.3) is 0 Å². The summed E-state index contributed by atoms with van der Waals surface area (Å²) in [5, 5.41) is 8.97. The molecule has 0 heterocycles. The van der Waals surface area contributed by atoms with E-state index in [4.69, 9.17) is 10.8 Å². The second-order valence-electron chi connectivity index (χ2n) is 4.12. The third kappa shape index (κ3) is 3.51. The number of carbonyl (C=O) groups excluding carboxylic acids is 1. The van der Waals surface area contributed by atoms with E-state index in [0.29, 0.717) is 12.1 Å². The summed E-state index contributed by atoms with van der Waals surface area (Å²) in [5.74, 6) is -1.11. The molecule has 1 rings (SSSR count). The molecule has 5 heteroatoms. The quantitative estimate of drug-likeness (QED) is 0.797. The van der Waals surface area contributed by atoms with Gasteiger partial charge in [-0.15, -0.1) is 0 Å². The van der Waals surface area contributed by atoms with E-state index in [1.807, 2.05) is 11.8 Å². The maximum Gasteiger partial charge on any atom is 0.248 e. The molecule has 0 spiro atoms. The number of nitrogens with two attached hydrogens (primary N) is 1. The highest BCUT2D eigenvalue weighted by Crippen LogP contribution is 2.13. The average Bonchev–Trinajstić information content (AvgIpc) is 2.30. The number of likely N-dealkylation sites (N-methyl/N-ethyl adjacent to an activating group) is 1. The first kappa shape index (κ1) is 13.6. The zero-order valence-corrected chi connectivity index (χ0v) is 9.98. The predicted octanol–water partition coefficient (Wildman–Crippen LogP) is 0.737. The molecule has 4 nitrogen and oxygen atoms in total. The molecule has 94 valence electrons. The van der Waals surface area contributed by atoms with Gasteiger partial charge in [0.15, 0.2) is 0 Å². The highest BCUT2D eigenvalue weighted by atomic mass is 19.1. The van der Waals surface area contributed by atoms with Gasteiger partial charge < -0.3 is 10.8 Å². The molecule has 0 aromatic heterocycles. The molecule has 1 unspecified atom stereocenters. The number of benzene rings is 1. The summed E-state index contributed by atoms with van der Waals surface area (Å²) in [5.41, 5.74) is 5.68. The van der Waals surface area contributed by atoms with Crippen LogP contribution in [0.3, 0.4) is 0 Å². The van der Waals surface area contributed by atoms with Crippen molar-refractivity contribution >= 4 is 5.91 Å². The molecular weight excluding hydrogens is 223 g/mol. The van der Waals surface area contributed by atoms with Crippen LogP contribution in [0.15, 0.2) is 18.2 Å². The minimum Gasteiger partial charge on any atom is -0.395 e. The first-order valence-corrected chi connectivity index (χ1v) is 5.35. The highest BCUT2D eigenvalue weighted by molar-refractivity contribution is 5.92. The van der Waals surface area contributed by atoms with E-state index in [2.05, 4.69) is 0 Å². The van der Waals surface area contributed by atoms with Crippen molar-refractivity contribution in [3.05, 3.63) is 35.1 Å². The number of hydrogen-bond donors (Lipinski definition) is 2. The van der Waals surface area contributed by atoms with E-state index < -0.39 is 11.7 Å². The van der Waals surface area contributed by atoms with Gasteiger partial charge in [0.1, 0.15) is 5.82 Å². The zero-order chi connectivity index (χ0) is 13.0. The fourth-order valence-electron chi connectivity index (χ4n) is 1.39. The maximum atomic E-state index is 13.6. The molecule has 0 aliphatic rings. The highest BCUT2D eigenvalue weighted by Gasteiger charge is 2.12. The van der Waals surface area contributed by atoms with Crippen LogP contribution in [0, 0.1) is 5.82 Å². The molecule has 0 fully saturated rings. The van der Waals surface area contributed by atoms with Crippen LogP contribution in [-0.2, 0) is 6.54 Å². The van der Waals surface area contributed by atoms with Crippen molar-refractivity contribution in [2.75, 3.05) is 13.7 Å². The van der Waals surface area contributed by atoms with Gasteiger partial charge in [-0.05, 0) is 26.1 Å². The first-order chi connectivity index (χ1) is 7.95. The summed E-state index contributed by atoms with van der Waals surface area (Å²) in [6.45, 7) is 2.22. The monoisotopic (exact) mass is 240 g/mol. The van der Waals surface area contributed by atoms with Crippen LogP contribution in [0.4, 0.5) is 4.39 Å². The molecule has 0 aliphatic heterocycles. The van der Waals surface area contributed by atoms with Crippen LogP contribution in [0.2, 0.25) is 0 Å². The van der Waals surface area contributed by atoms with Crippen LogP contribution in [0.5, 0.6) is 0 Å². The van der Waals surface area contributed by atoms with Crippen molar-refractivity contribution in [1.29, 1.82) is 0 Å². The average molecular weight is 240 g/mol. The third-order valence-electron chi connectivity index (χ3n) is 2.77. The van der Waals surface area contributed by atoms with Gasteiger partial charge in [0.2, 0.25) is 5.91 Å². The minimum absolute atomic E-state index is 0.0114. The SMILES string of the molecule is CC(CO)N(C)Cc1ccc(C(N)=O)cc1F. The first-order valence-electron chi connectivity index (χ1n) is 5.35. The van der Waals surface area contributed by atoms with E-state index in [1.165, 1.54) is 12.1 Å². The number of rotatable bonds is 5. The molecule has 1 aromatic rings. The number of aliphatic hydroxyl groups is 1. The Kier molecular flexibility index (Phi) is 4.60. The Morgan fingerprint density at radius 3 is 2.71 bits per heavy atom. The summed E-state index contributed by atoms with van der Waals surface area (Å²) in [6.07, 6.45) is 0. The number of aliphatic hydroxyl groups excluding tert-OH is 1. The summed E-state index contributed by atoms with van der Waals surface area (Å²) in [7, 11) is 1.79. The number of primary amides is 1. The summed E-state index contributed by atoms with van der Waals surface area (Å²) in [6, 6.07) is 4.12. The van der Waals surface area contributed by atoms with Gasteiger partial charge in [0.05, 0.1) is 6.61 Å². The normalized spacial score (nSPS) is 12.8. The van der Waals surface area contributed by atoms with Crippen LogP contribution in [-0.4, -0.2) is 35.6 Å². The Bertz CT molecular complexity index is 409. The van der Waals surface area contributed by atoms with Crippen LogP contribution in [0.1, 0.15) is 22.8 Å². The van der Waals surface area contributed by atoms with E-state index in [1.54, 1.807) is 7.05 Å². The number of halogens is 1. The summed E-state index contributed by atoms with van der Waals surface area (Å²) >= 11 is 0. The van der Waals surface area contributed by atoms with Crippen molar-refractivity contribution in [2.45, 2.75) is 19.5 Å². The minimum atomic E-state index is -0.646. The van der Waals surface area contributed by atoms with Gasteiger partial charge in [-0.3, -0.25) is 9.69 Å². The van der Waals surface area contributed by atoms with Gasteiger partial charge in [0, 0.05) is 23.7 Å². The van der Waals surface area contributed by atoms with Crippen molar-refractivity contribution in [1.82, 2.24) is 4.90 Å². The molecule has 17 heavy (non-hydrogen) atoms. The molecule has 0 bridgehead atoms. The Morgan fingerprint density at radius 2 is 2.24 bits per heavy atom. The van der Waals surface area contributed by atoms with Crippen molar-refractivity contribution in [3.8, 4) is 0 Å². The maximum absolute atomic E-state index is 13.6. The van der Waals surface area contributed by atoms with Gasteiger partial charge in [-0.2, -0.15) is 0 Å². The third-order valence-corrected chi connectivity index (χ3v) is 2.77. The van der Waals surface area contributed by atoms with Gasteiger partial charge in [-0.25, -0.2) is 4.39 Å². The fraction of sp³-hybridized carbons (Fsp3) is 0.417. The Labute approximate surface area is 99.8 Å². The van der Waals surface area contributed by atoms with Gasteiger partial charge >= 0.3 is 0 Å². The van der Waals surface area contributed by atoms with Crippen LogP contribution < -0.4 is 5.73 Å². The zero-order valence-electron chi connectivity index (χ0n) is 9.98. The van der Waals surface area contributed by atoms with Gasteiger partial charge in [-0.1, -0.05) is 6.07 Å². The second-order valence-corrected chi connectivity index (χ2v) is 4.12. The second kappa shape index (κ2) is 5.75. The topological polar surface area (TPSA) is 66.6 Å². The molecule has 0 radical (unpaired) electrons. The summed E-state index contributed by atoms with van der Waals surface area (Å²) in [4.78, 5) is 12.7. The van der Waals surface area contributed by atoms with Crippen molar-refractivity contribution in [3.63, 3.8) is 0 Å². The molecule has 1 amide bonds. The lowest BCUT2D eigenvalue weighted by Gasteiger charge is -2.23. The molecule has 1 atom stereocenters. The molecule has 0 saturated heterocycles. The lowest BCUT2D eigenvalue weighted by molar-refractivity contribution is 0.1000. The lowest BCUT2D eigenvalue weighted by atomic mass is 10.1. The number of hydrogen-bond acceptors (Lipinski definition) is 3. The standard InChI is InChI=1S/C12H17FN2O2/c1-8(7-16)15(2)6-10-4-3-9(12(14)17)5-11(10)13/h3-5,8,16H,6-7H2,1-2H3,(H2,14,17). The fourth-order valence-corrected chi connectivity index (χ4v) is 1.39. The Hall–Kier alpha value is -1.46. The predicted molar refractivity (Wildman–Crippen MR) is 62.9 cm³/mol. The van der Waals surface area contributed by atoms with E-state index in [-0.39, 0.29) is 18.2 Å². The van der Waals surface area contributed by atoms with Crippen LogP contribution >= 0.6 is 0 Å². The van der Waals surface area contributed by atoms with E-state index in [9.17, 15) is 9.18 Å². The molecule has 1 aromatic carbocycles.